The molecule has 0 bridgehead atoms. The molecule has 0 aliphatic heterocycles. The topological polar surface area (TPSA) is 12.0 Å². The van der Waals surface area contributed by atoms with E-state index in [1.807, 2.05) is 12.1 Å². The van der Waals surface area contributed by atoms with Crippen molar-refractivity contribution in [3.63, 3.8) is 0 Å². The minimum absolute atomic E-state index is 0.851. The Morgan fingerprint density at radius 1 is 1.55 bits per heavy atom. The molecule has 11 heavy (non-hydrogen) atoms. The predicted molar refractivity (Wildman–Crippen MR) is 52.7 cm³/mol. The molecule has 0 amide bonds. The van der Waals surface area contributed by atoms with Gasteiger partial charge in [-0.25, -0.2) is 0 Å². The Kier molecular flexibility index (Phi) is 3.73. The molecule has 0 unspecified atom stereocenters. The van der Waals surface area contributed by atoms with Gasteiger partial charge in [0.2, 0.25) is 0 Å². The Balaban J connectivity index is 2.27. The predicted octanol–water partition coefficient (Wildman–Crippen LogP) is 3.61. The summed E-state index contributed by atoms with van der Waals surface area (Å²) in [4.78, 5) is 0. The number of rotatable bonds is 4. The van der Waals surface area contributed by atoms with E-state index in [1.165, 1.54) is 17.8 Å². The third-order valence-corrected chi connectivity index (χ3v) is 2.59. The Bertz CT molecular complexity index is 210. The van der Waals surface area contributed by atoms with Gasteiger partial charge in [-0.15, -0.1) is 11.3 Å². The van der Waals surface area contributed by atoms with Crippen LogP contribution in [0.3, 0.4) is 0 Å². The second kappa shape index (κ2) is 4.62. The molecule has 0 atom stereocenters. The van der Waals surface area contributed by atoms with Crippen molar-refractivity contribution in [3.8, 4) is 0 Å². The summed E-state index contributed by atoms with van der Waals surface area (Å²) in [5, 5.41) is 4.47. The molecule has 0 saturated carbocycles. The van der Waals surface area contributed by atoms with Crippen LogP contribution in [-0.2, 0) is 0 Å². The van der Waals surface area contributed by atoms with Crippen molar-refractivity contribution >= 4 is 27.9 Å². The van der Waals surface area contributed by atoms with Crippen LogP contribution < -0.4 is 5.32 Å². The Labute approximate surface area is 76.4 Å². The van der Waals surface area contributed by atoms with Crippen LogP contribution in [0.2, 0.25) is 4.34 Å². The molecule has 0 saturated heterocycles. The lowest BCUT2D eigenvalue weighted by Crippen LogP contribution is -1.97. The first-order valence-corrected chi connectivity index (χ1v) is 5.01. The minimum Gasteiger partial charge on any atom is -0.377 e. The zero-order valence-corrected chi connectivity index (χ0v) is 8.13. The molecule has 0 aromatic carbocycles. The van der Waals surface area contributed by atoms with Gasteiger partial charge >= 0.3 is 0 Å². The highest BCUT2D eigenvalue weighted by molar-refractivity contribution is 7.19. The highest BCUT2D eigenvalue weighted by Gasteiger charge is 1.94. The van der Waals surface area contributed by atoms with Gasteiger partial charge in [-0.2, -0.15) is 0 Å². The van der Waals surface area contributed by atoms with Gasteiger partial charge < -0.3 is 5.32 Å². The smallest absolute Gasteiger partial charge is 0.0950 e. The molecule has 0 spiro atoms. The summed E-state index contributed by atoms with van der Waals surface area (Å²) in [6.45, 7) is 3.23. The third kappa shape index (κ3) is 3.12. The third-order valence-electron chi connectivity index (χ3n) is 1.40. The van der Waals surface area contributed by atoms with Crippen LogP contribution in [0.4, 0.5) is 5.00 Å². The fraction of sp³-hybridized carbons (Fsp3) is 0.500. The summed E-state index contributed by atoms with van der Waals surface area (Å²) in [5.41, 5.74) is 0. The first-order valence-electron chi connectivity index (χ1n) is 3.82. The zero-order chi connectivity index (χ0) is 8.10. The summed E-state index contributed by atoms with van der Waals surface area (Å²) < 4.78 is 0.851. The molecule has 3 heteroatoms. The van der Waals surface area contributed by atoms with Gasteiger partial charge in [-0.3, -0.25) is 0 Å². The SMILES string of the molecule is CCCCNc1ccc(Cl)s1. The van der Waals surface area contributed by atoms with Crippen LogP contribution in [-0.4, -0.2) is 6.54 Å². The van der Waals surface area contributed by atoms with Gasteiger partial charge in [-0.1, -0.05) is 24.9 Å². The maximum Gasteiger partial charge on any atom is 0.0950 e. The van der Waals surface area contributed by atoms with E-state index >= 15 is 0 Å². The molecule has 0 aliphatic carbocycles. The normalized spacial score (nSPS) is 10.0. The maximum atomic E-state index is 5.75. The minimum atomic E-state index is 0.851. The summed E-state index contributed by atoms with van der Waals surface area (Å²) >= 11 is 7.34. The first-order chi connectivity index (χ1) is 5.33. The fourth-order valence-corrected chi connectivity index (χ4v) is 1.77. The standard InChI is InChI=1S/C8H12ClNS/c1-2-3-6-10-8-5-4-7(9)11-8/h4-5,10H,2-3,6H2,1H3. The van der Waals surface area contributed by atoms with Gasteiger partial charge in [-0.05, 0) is 18.6 Å². The van der Waals surface area contributed by atoms with E-state index in [9.17, 15) is 0 Å². The molecule has 62 valence electrons. The summed E-state index contributed by atoms with van der Waals surface area (Å²) in [6.07, 6.45) is 2.45. The van der Waals surface area contributed by atoms with Crippen LogP contribution in [0.5, 0.6) is 0 Å². The van der Waals surface area contributed by atoms with Crippen LogP contribution >= 0.6 is 22.9 Å². The maximum absolute atomic E-state index is 5.75. The average molecular weight is 190 g/mol. The lowest BCUT2D eigenvalue weighted by Gasteiger charge is -1.99. The van der Waals surface area contributed by atoms with Crippen molar-refractivity contribution in [2.75, 3.05) is 11.9 Å². The second-order valence-electron chi connectivity index (χ2n) is 2.38. The van der Waals surface area contributed by atoms with Gasteiger partial charge in [0.15, 0.2) is 0 Å². The van der Waals surface area contributed by atoms with E-state index in [0.717, 1.165) is 10.9 Å². The molecular formula is C8H12ClNS. The molecule has 0 radical (unpaired) electrons. The Morgan fingerprint density at radius 3 is 2.91 bits per heavy atom. The summed E-state index contributed by atoms with van der Waals surface area (Å²) in [6, 6.07) is 3.93. The second-order valence-corrected chi connectivity index (χ2v) is 4.10. The van der Waals surface area contributed by atoms with Crippen molar-refractivity contribution in [2.24, 2.45) is 0 Å². The highest BCUT2D eigenvalue weighted by atomic mass is 35.5. The lowest BCUT2D eigenvalue weighted by atomic mass is 10.3. The number of halogens is 1. The quantitative estimate of drug-likeness (QED) is 0.714. The monoisotopic (exact) mass is 189 g/mol. The molecule has 1 nitrogen and oxygen atoms in total. The van der Waals surface area contributed by atoms with Crippen molar-refractivity contribution in [2.45, 2.75) is 19.8 Å². The molecule has 1 aromatic rings. The zero-order valence-electron chi connectivity index (χ0n) is 6.56. The molecular weight excluding hydrogens is 178 g/mol. The highest BCUT2D eigenvalue weighted by Crippen LogP contribution is 2.25. The number of thiophene rings is 1. The van der Waals surface area contributed by atoms with Crippen LogP contribution in [0, 0.1) is 0 Å². The van der Waals surface area contributed by atoms with Crippen LogP contribution in [0.25, 0.3) is 0 Å². The lowest BCUT2D eigenvalue weighted by molar-refractivity contribution is 0.836. The molecule has 1 rings (SSSR count). The van der Waals surface area contributed by atoms with Gasteiger partial charge in [0.25, 0.3) is 0 Å². The number of hydrogen-bond donors (Lipinski definition) is 1. The van der Waals surface area contributed by atoms with Gasteiger partial charge in [0.1, 0.15) is 0 Å². The van der Waals surface area contributed by atoms with Gasteiger partial charge in [0, 0.05) is 6.54 Å². The number of hydrogen-bond acceptors (Lipinski definition) is 2. The fourth-order valence-electron chi connectivity index (χ4n) is 0.798. The van der Waals surface area contributed by atoms with E-state index in [-0.39, 0.29) is 0 Å². The molecule has 0 fully saturated rings. The van der Waals surface area contributed by atoms with Crippen molar-refractivity contribution in [3.05, 3.63) is 16.5 Å². The number of unbranched alkanes of at least 4 members (excludes halogenated alkanes) is 1. The average Bonchev–Trinajstić information content (AvgIpc) is 2.37. The molecule has 1 aromatic heterocycles. The summed E-state index contributed by atoms with van der Waals surface area (Å²) in [7, 11) is 0. The van der Waals surface area contributed by atoms with E-state index in [2.05, 4.69) is 12.2 Å². The molecule has 1 heterocycles. The van der Waals surface area contributed by atoms with Crippen LogP contribution in [0.1, 0.15) is 19.8 Å². The van der Waals surface area contributed by atoms with E-state index in [4.69, 9.17) is 11.6 Å². The van der Waals surface area contributed by atoms with Crippen molar-refractivity contribution in [1.29, 1.82) is 0 Å². The van der Waals surface area contributed by atoms with E-state index in [0.29, 0.717) is 0 Å². The van der Waals surface area contributed by atoms with E-state index in [1.54, 1.807) is 11.3 Å². The van der Waals surface area contributed by atoms with Crippen molar-refractivity contribution in [1.82, 2.24) is 0 Å². The largest absolute Gasteiger partial charge is 0.377 e. The Morgan fingerprint density at radius 2 is 2.36 bits per heavy atom. The van der Waals surface area contributed by atoms with Crippen LogP contribution in [0.15, 0.2) is 12.1 Å². The van der Waals surface area contributed by atoms with Gasteiger partial charge in [0.05, 0.1) is 9.34 Å². The number of anilines is 1. The first kappa shape index (κ1) is 8.88. The van der Waals surface area contributed by atoms with Crippen molar-refractivity contribution < 1.29 is 0 Å². The summed E-state index contributed by atoms with van der Waals surface area (Å²) in [5.74, 6) is 0. The Hall–Kier alpha value is -0.210. The number of nitrogens with one attached hydrogen (secondary N) is 1. The van der Waals surface area contributed by atoms with E-state index < -0.39 is 0 Å². The molecule has 0 aliphatic rings. The molecule has 1 N–H and O–H groups in total.